The molecule has 1 heterocycles. The van der Waals surface area contributed by atoms with Crippen molar-refractivity contribution in [2.45, 2.75) is 11.5 Å². The second-order valence-corrected chi connectivity index (χ2v) is 7.54. The summed E-state index contributed by atoms with van der Waals surface area (Å²) in [5, 5.41) is 11.3. The maximum absolute atomic E-state index is 12.0. The summed E-state index contributed by atoms with van der Waals surface area (Å²) in [6.07, 6.45) is 1.52. The van der Waals surface area contributed by atoms with Crippen LogP contribution in [0.1, 0.15) is 26.3 Å². The normalized spacial score (nSPS) is 11.5. The third-order valence-electron chi connectivity index (χ3n) is 3.45. The average Bonchev–Trinajstić information content (AvgIpc) is 3.05. The lowest BCUT2D eigenvalue weighted by Crippen LogP contribution is -2.25. The highest BCUT2D eigenvalue weighted by atomic mass is 32.2. The Balaban J connectivity index is 1.96. The van der Waals surface area contributed by atoms with Gasteiger partial charge < -0.3 is 14.8 Å². The predicted octanol–water partition coefficient (Wildman–Crippen LogP) is 1.20. The lowest BCUT2D eigenvalue weighted by atomic mass is 10.1. The summed E-state index contributed by atoms with van der Waals surface area (Å²) in [6.45, 7) is 0.267. The molecule has 0 saturated carbocycles. The number of sulfonamides is 1. The van der Waals surface area contributed by atoms with E-state index in [0.717, 1.165) is 22.2 Å². The van der Waals surface area contributed by atoms with Gasteiger partial charge in [-0.25, -0.2) is 17.5 Å². The second kappa shape index (κ2) is 7.49. The zero-order valence-corrected chi connectivity index (χ0v) is 14.5. The number of nitrogens with zero attached hydrogens (tertiary/aromatic N) is 1. The number of carboxylic acid groups (broad SMARTS) is 1. The first-order valence-corrected chi connectivity index (χ1v) is 8.77. The molecule has 8 nitrogen and oxygen atoms in total. The Kier molecular flexibility index (Phi) is 5.60. The van der Waals surface area contributed by atoms with Crippen LogP contribution in [0.2, 0.25) is 0 Å². The number of nitrogens with one attached hydrogen (secondary N) is 1. The van der Waals surface area contributed by atoms with Gasteiger partial charge in [0.05, 0.1) is 11.1 Å². The SMILES string of the molecule is CN(C)S(=O)(=O)c1cc(C(=O)NCCc2cccc(C(=O)O)c2)co1. The van der Waals surface area contributed by atoms with E-state index >= 15 is 0 Å². The summed E-state index contributed by atoms with van der Waals surface area (Å²) in [4.78, 5) is 23.0. The summed E-state index contributed by atoms with van der Waals surface area (Å²) < 4.78 is 29.8. The highest BCUT2D eigenvalue weighted by molar-refractivity contribution is 7.88. The number of carbonyl (C=O) groups is 2. The Morgan fingerprint density at radius 1 is 1.20 bits per heavy atom. The van der Waals surface area contributed by atoms with E-state index in [0.29, 0.717) is 6.42 Å². The van der Waals surface area contributed by atoms with Crippen molar-refractivity contribution >= 4 is 21.9 Å². The van der Waals surface area contributed by atoms with Gasteiger partial charge in [-0.2, -0.15) is 0 Å². The molecule has 0 aliphatic rings. The molecular formula is C16H18N2O6S. The van der Waals surface area contributed by atoms with E-state index in [4.69, 9.17) is 9.52 Å². The van der Waals surface area contributed by atoms with Crippen LogP contribution in [0.15, 0.2) is 46.1 Å². The Morgan fingerprint density at radius 3 is 2.56 bits per heavy atom. The predicted molar refractivity (Wildman–Crippen MR) is 89.0 cm³/mol. The van der Waals surface area contributed by atoms with E-state index < -0.39 is 21.9 Å². The summed E-state index contributed by atoms with van der Waals surface area (Å²) >= 11 is 0. The Labute approximate surface area is 145 Å². The summed E-state index contributed by atoms with van der Waals surface area (Å²) in [5.74, 6) is -1.49. The van der Waals surface area contributed by atoms with Crippen LogP contribution in [-0.2, 0) is 16.4 Å². The average molecular weight is 366 g/mol. The van der Waals surface area contributed by atoms with Gasteiger partial charge in [-0.3, -0.25) is 4.79 Å². The van der Waals surface area contributed by atoms with Gasteiger partial charge >= 0.3 is 5.97 Å². The van der Waals surface area contributed by atoms with Gasteiger partial charge in [0, 0.05) is 26.7 Å². The number of carbonyl (C=O) groups excluding carboxylic acids is 1. The molecule has 0 spiro atoms. The van der Waals surface area contributed by atoms with E-state index in [9.17, 15) is 18.0 Å². The first-order valence-electron chi connectivity index (χ1n) is 7.33. The monoisotopic (exact) mass is 366 g/mol. The minimum atomic E-state index is -3.73. The second-order valence-electron chi connectivity index (χ2n) is 5.45. The van der Waals surface area contributed by atoms with Gasteiger partial charge in [-0.1, -0.05) is 12.1 Å². The third-order valence-corrected chi connectivity index (χ3v) is 5.13. The molecule has 0 aliphatic heterocycles. The van der Waals surface area contributed by atoms with E-state index in [1.165, 1.54) is 26.2 Å². The molecule has 2 aromatic rings. The zero-order chi connectivity index (χ0) is 18.6. The van der Waals surface area contributed by atoms with Crippen molar-refractivity contribution < 1.29 is 27.5 Å². The molecule has 0 bridgehead atoms. The number of aromatic carboxylic acids is 1. The van der Waals surface area contributed by atoms with Crippen molar-refractivity contribution in [3.8, 4) is 0 Å². The summed E-state index contributed by atoms with van der Waals surface area (Å²) in [5.41, 5.74) is 1.04. The molecule has 1 aromatic carbocycles. The number of benzene rings is 1. The maximum atomic E-state index is 12.0. The fraction of sp³-hybridized carbons (Fsp3) is 0.250. The fourth-order valence-electron chi connectivity index (χ4n) is 2.03. The molecule has 134 valence electrons. The molecule has 0 unspecified atom stereocenters. The number of amides is 1. The standard InChI is InChI=1S/C16H18N2O6S/c1-18(2)25(22,23)14-9-13(10-24-14)15(19)17-7-6-11-4-3-5-12(8-11)16(20)21/h3-5,8-10H,6-7H2,1-2H3,(H,17,19)(H,20,21). The van der Waals surface area contributed by atoms with Gasteiger partial charge in [-0.15, -0.1) is 0 Å². The van der Waals surface area contributed by atoms with Crippen LogP contribution in [0, 0.1) is 0 Å². The highest BCUT2D eigenvalue weighted by Crippen LogP contribution is 2.16. The van der Waals surface area contributed by atoms with Gasteiger partial charge in [0.2, 0.25) is 5.09 Å². The Bertz CT molecular complexity index is 886. The topological polar surface area (TPSA) is 117 Å². The molecule has 0 fully saturated rings. The number of furan rings is 1. The molecule has 2 rings (SSSR count). The van der Waals surface area contributed by atoms with Crippen LogP contribution < -0.4 is 5.32 Å². The largest absolute Gasteiger partial charge is 0.478 e. The van der Waals surface area contributed by atoms with Gasteiger partial charge in [0.1, 0.15) is 6.26 Å². The van der Waals surface area contributed by atoms with Crippen LogP contribution in [0.25, 0.3) is 0 Å². The molecule has 2 N–H and O–H groups in total. The van der Waals surface area contributed by atoms with Crippen molar-refractivity contribution in [3.63, 3.8) is 0 Å². The van der Waals surface area contributed by atoms with Gasteiger partial charge in [-0.05, 0) is 24.1 Å². The minimum absolute atomic E-state index is 0.0970. The van der Waals surface area contributed by atoms with Crippen LogP contribution in [0.3, 0.4) is 0 Å². The minimum Gasteiger partial charge on any atom is -0.478 e. The quantitative estimate of drug-likeness (QED) is 0.760. The van der Waals surface area contributed by atoms with Crippen LogP contribution >= 0.6 is 0 Å². The Morgan fingerprint density at radius 2 is 1.92 bits per heavy atom. The molecule has 0 atom stereocenters. The number of hydrogen-bond acceptors (Lipinski definition) is 5. The summed E-state index contributed by atoms with van der Waals surface area (Å²) in [6, 6.07) is 7.58. The van der Waals surface area contributed by atoms with E-state index in [1.807, 2.05) is 0 Å². The highest BCUT2D eigenvalue weighted by Gasteiger charge is 2.23. The maximum Gasteiger partial charge on any atom is 0.335 e. The number of carboxylic acids is 1. The summed E-state index contributed by atoms with van der Waals surface area (Å²) in [7, 11) is -1.01. The Hall–Kier alpha value is -2.65. The molecule has 9 heteroatoms. The van der Waals surface area contributed by atoms with Gasteiger partial charge in [0.25, 0.3) is 15.9 Å². The molecule has 1 amide bonds. The lowest BCUT2D eigenvalue weighted by Gasteiger charge is -2.07. The van der Waals surface area contributed by atoms with Crippen molar-refractivity contribution in [2.75, 3.05) is 20.6 Å². The number of rotatable bonds is 7. The van der Waals surface area contributed by atoms with E-state index in [1.54, 1.807) is 12.1 Å². The van der Waals surface area contributed by atoms with Gasteiger partial charge in [0.15, 0.2) is 0 Å². The fourth-order valence-corrected chi connectivity index (χ4v) is 2.84. The zero-order valence-electron chi connectivity index (χ0n) is 13.7. The van der Waals surface area contributed by atoms with Crippen molar-refractivity contribution in [3.05, 3.63) is 53.3 Å². The smallest absolute Gasteiger partial charge is 0.335 e. The van der Waals surface area contributed by atoms with Crippen LogP contribution in [-0.4, -0.2) is 50.3 Å². The molecule has 1 aromatic heterocycles. The molecule has 0 aliphatic carbocycles. The number of hydrogen-bond donors (Lipinski definition) is 2. The third kappa shape index (κ3) is 4.46. The van der Waals surface area contributed by atoms with Crippen molar-refractivity contribution in [1.82, 2.24) is 9.62 Å². The van der Waals surface area contributed by atoms with E-state index in [2.05, 4.69) is 5.32 Å². The van der Waals surface area contributed by atoms with Crippen molar-refractivity contribution in [1.29, 1.82) is 0 Å². The molecule has 25 heavy (non-hydrogen) atoms. The van der Waals surface area contributed by atoms with Crippen molar-refractivity contribution in [2.24, 2.45) is 0 Å². The first-order chi connectivity index (χ1) is 11.7. The molecule has 0 radical (unpaired) electrons. The van der Waals surface area contributed by atoms with Crippen LogP contribution in [0.5, 0.6) is 0 Å². The molecular weight excluding hydrogens is 348 g/mol. The molecule has 0 saturated heterocycles. The first kappa shape index (κ1) is 18.7. The lowest BCUT2D eigenvalue weighted by molar-refractivity contribution is 0.0696. The van der Waals surface area contributed by atoms with E-state index in [-0.39, 0.29) is 22.8 Å². The van der Waals surface area contributed by atoms with Crippen LogP contribution in [0.4, 0.5) is 0 Å².